The van der Waals surface area contributed by atoms with Crippen LogP contribution < -0.4 is 5.32 Å². The Labute approximate surface area is 145 Å². The summed E-state index contributed by atoms with van der Waals surface area (Å²) in [4.78, 5) is 19.1. The van der Waals surface area contributed by atoms with Crippen LogP contribution in [0.1, 0.15) is 34.9 Å². The number of anilines is 1. The van der Waals surface area contributed by atoms with Gasteiger partial charge in [-0.25, -0.2) is 4.98 Å². The second-order valence-corrected chi connectivity index (χ2v) is 6.60. The maximum atomic E-state index is 13.0. The summed E-state index contributed by atoms with van der Waals surface area (Å²) in [5.41, 5.74) is 3.83. The van der Waals surface area contributed by atoms with Gasteiger partial charge in [-0.15, -0.1) is 0 Å². The smallest absolute Gasteiger partial charge is 0.258 e. The summed E-state index contributed by atoms with van der Waals surface area (Å²) in [5.74, 6) is 0.125. The number of rotatable bonds is 3. The summed E-state index contributed by atoms with van der Waals surface area (Å²) in [6, 6.07) is 16.4. The Kier molecular flexibility index (Phi) is 3.13. The number of nitrogens with zero attached hydrogens (tertiary/aromatic N) is 3. The van der Waals surface area contributed by atoms with E-state index >= 15 is 0 Å². The Hall–Kier alpha value is -3.08. The lowest BCUT2D eigenvalue weighted by atomic mass is 10.0. The summed E-state index contributed by atoms with van der Waals surface area (Å²) in [5, 5.41) is 3.56. The van der Waals surface area contributed by atoms with Crippen molar-refractivity contribution in [2.45, 2.75) is 25.0 Å². The van der Waals surface area contributed by atoms with Crippen molar-refractivity contribution in [1.29, 1.82) is 0 Å². The van der Waals surface area contributed by atoms with Gasteiger partial charge in [-0.2, -0.15) is 0 Å². The van der Waals surface area contributed by atoms with Crippen LogP contribution in [0.2, 0.25) is 0 Å². The number of carbonyl (C=O) groups is 1. The largest absolute Gasteiger partial charge is 0.361 e. The zero-order valence-electron chi connectivity index (χ0n) is 13.7. The van der Waals surface area contributed by atoms with Gasteiger partial charge in [0.1, 0.15) is 6.17 Å². The number of benzene rings is 2. The van der Waals surface area contributed by atoms with Gasteiger partial charge in [0.15, 0.2) is 0 Å². The minimum Gasteiger partial charge on any atom is -0.361 e. The molecule has 5 heteroatoms. The summed E-state index contributed by atoms with van der Waals surface area (Å²) >= 11 is 0. The third-order valence-corrected chi connectivity index (χ3v) is 4.91. The van der Waals surface area contributed by atoms with E-state index in [0.717, 1.165) is 35.3 Å². The summed E-state index contributed by atoms with van der Waals surface area (Å²) in [6.45, 7) is 0. The number of fused-ring (bicyclic) bond motifs is 1. The zero-order valence-corrected chi connectivity index (χ0v) is 13.7. The van der Waals surface area contributed by atoms with Gasteiger partial charge in [-0.1, -0.05) is 24.3 Å². The lowest BCUT2D eigenvalue weighted by Gasteiger charge is -2.38. The topological polar surface area (TPSA) is 50.2 Å². The highest BCUT2D eigenvalue weighted by molar-refractivity contribution is 6.02. The second-order valence-electron chi connectivity index (χ2n) is 6.60. The Morgan fingerprint density at radius 3 is 2.56 bits per heavy atom. The average Bonchev–Trinajstić information content (AvgIpc) is 3.34. The second kappa shape index (κ2) is 5.48. The number of hydrogen-bond donors (Lipinski definition) is 1. The van der Waals surface area contributed by atoms with Crippen molar-refractivity contribution in [1.82, 2.24) is 14.5 Å². The molecule has 0 unspecified atom stereocenters. The quantitative estimate of drug-likeness (QED) is 0.798. The van der Waals surface area contributed by atoms with E-state index in [4.69, 9.17) is 0 Å². The van der Waals surface area contributed by atoms with Crippen molar-refractivity contribution in [3.05, 3.63) is 78.4 Å². The van der Waals surface area contributed by atoms with Crippen molar-refractivity contribution >= 4 is 11.6 Å². The van der Waals surface area contributed by atoms with Crippen LogP contribution in [0, 0.1) is 0 Å². The van der Waals surface area contributed by atoms with Crippen LogP contribution in [0.4, 0.5) is 5.69 Å². The molecule has 1 saturated carbocycles. The van der Waals surface area contributed by atoms with E-state index in [1.807, 2.05) is 39.9 Å². The molecule has 3 aromatic rings. The van der Waals surface area contributed by atoms with Gasteiger partial charge >= 0.3 is 0 Å². The molecule has 1 fully saturated rings. The van der Waals surface area contributed by atoms with E-state index in [0.29, 0.717) is 6.04 Å². The van der Waals surface area contributed by atoms with E-state index in [1.165, 1.54) is 0 Å². The molecule has 2 aromatic carbocycles. The molecule has 1 aromatic heterocycles. The molecule has 124 valence electrons. The molecule has 2 heterocycles. The van der Waals surface area contributed by atoms with E-state index in [9.17, 15) is 4.79 Å². The molecule has 0 saturated heterocycles. The lowest BCUT2D eigenvalue weighted by Crippen LogP contribution is -2.44. The monoisotopic (exact) mass is 330 g/mol. The van der Waals surface area contributed by atoms with Crippen LogP contribution in [0.15, 0.2) is 67.3 Å². The highest BCUT2D eigenvalue weighted by atomic mass is 16.2. The zero-order chi connectivity index (χ0) is 16.8. The first kappa shape index (κ1) is 14.3. The van der Waals surface area contributed by atoms with Gasteiger partial charge in [-0.3, -0.25) is 4.79 Å². The fourth-order valence-electron chi connectivity index (χ4n) is 3.48. The molecule has 5 rings (SSSR count). The van der Waals surface area contributed by atoms with Crippen molar-refractivity contribution in [3.8, 4) is 5.69 Å². The van der Waals surface area contributed by atoms with Crippen LogP contribution in [-0.4, -0.2) is 26.4 Å². The van der Waals surface area contributed by atoms with Gasteiger partial charge in [0.05, 0.1) is 11.9 Å². The number of nitrogens with one attached hydrogen (secondary N) is 1. The minimum absolute atomic E-state index is 0.119. The highest BCUT2D eigenvalue weighted by Crippen LogP contribution is 2.40. The standard InChI is InChI=1S/C20H18N4O/c25-20-17-3-1-2-4-18(17)22-19(24(20)16-9-10-16)14-5-7-15(8-6-14)23-12-11-21-13-23/h1-8,11-13,16,19,22H,9-10H2/t19-/m0/s1. The van der Waals surface area contributed by atoms with Crippen molar-refractivity contribution in [2.24, 2.45) is 0 Å². The fourth-order valence-corrected chi connectivity index (χ4v) is 3.48. The number of para-hydroxylation sites is 1. The van der Waals surface area contributed by atoms with Crippen LogP contribution in [0.25, 0.3) is 5.69 Å². The van der Waals surface area contributed by atoms with Gasteiger partial charge in [0.25, 0.3) is 5.91 Å². The van der Waals surface area contributed by atoms with Crippen LogP contribution in [0.5, 0.6) is 0 Å². The Bertz CT molecular complexity index is 913. The first-order valence-electron chi connectivity index (χ1n) is 8.58. The van der Waals surface area contributed by atoms with Crippen molar-refractivity contribution in [2.75, 3.05) is 5.32 Å². The maximum Gasteiger partial charge on any atom is 0.258 e. The fraction of sp³-hybridized carbons (Fsp3) is 0.200. The number of hydrogen-bond acceptors (Lipinski definition) is 3. The Morgan fingerprint density at radius 1 is 1.04 bits per heavy atom. The van der Waals surface area contributed by atoms with Crippen LogP contribution in [0.3, 0.4) is 0 Å². The molecular formula is C20H18N4O. The molecule has 1 amide bonds. The highest BCUT2D eigenvalue weighted by Gasteiger charge is 2.41. The number of amides is 1. The van der Waals surface area contributed by atoms with Crippen molar-refractivity contribution < 1.29 is 4.79 Å². The minimum atomic E-state index is -0.119. The number of carbonyl (C=O) groups excluding carboxylic acids is 1. The molecule has 5 nitrogen and oxygen atoms in total. The molecule has 0 spiro atoms. The first-order chi connectivity index (χ1) is 12.3. The van der Waals surface area contributed by atoms with E-state index in [2.05, 4.69) is 34.6 Å². The van der Waals surface area contributed by atoms with Crippen LogP contribution in [-0.2, 0) is 0 Å². The van der Waals surface area contributed by atoms with Gasteiger partial charge < -0.3 is 14.8 Å². The molecule has 0 bridgehead atoms. The third kappa shape index (κ3) is 2.39. The molecule has 1 atom stereocenters. The summed E-state index contributed by atoms with van der Waals surface area (Å²) < 4.78 is 1.97. The summed E-state index contributed by atoms with van der Waals surface area (Å²) in [7, 11) is 0. The SMILES string of the molecule is O=C1c2ccccc2N[C@H](c2ccc(-n3ccnc3)cc2)N1C1CC1. The van der Waals surface area contributed by atoms with Gasteiger partial charge in [0.2, 0.25) is 0 Å². The molecule has 1 N–H and O–H groups in total. The number of aromatic nitrogens is 2. The lowest BCUT2D eigenvalue weighted by molar-refractivity contribution is 0.0666. The predicted molar refractivity (Wildman–Crippen MR) is 95.6 cm³/mol. The first-order valence-corrected chi connectivity index (χ1v) is 8.58. The normalized spacial score (nSPS) is 19.4. The third-order valence-electron chi connectivity index (χ3n) is 4.91. The Morgan fingerprint density at radius 2 is 1.84 bits per heavy atom. The Balaban J connectivity index is 1.52. The van der Waals surface area contributed by atoms with Gasteiger partial charge in [-0.05, 0) is 42.7 Å². The van der Waals surface area contributed by atoms with E-state index in [-0.39, 0.29) is 12.1 Å². The van der Waals surface area contributed by atoms with Crippen molar-refractivity contribution in [3.63, 3.8) is 0 Å². The summed E-state index contributed by atoms with van der Waals surface area (Å²) in [6.07, 6.45) is 7.51. The average molecular weight is 330 g/mol. The predicted octanol–water partition coefficient (Wildman–Crippen LogP) is 3.60. The molecule has 0 radical (unpaired) electrons. The molecule has 25 heavy (non-hydrogen) atoms. The van der Waals surface area contributed by atoms with E-state index in [1.54, 1.807) is 12.5 Å². The van der Waals surface area contributed by atoms with Gasteiger partial charge in [0, 0.05) is 29.8 Å². The molecule has 1 aliphatic heterocycles. The maximum absolute atomic E-state index is 13.0. The molecule has 2 aliphatic rings. The molecular weight excluding hydrogens is 312 g/mol. The number of imidazole rings is 1. The van der Waals surface area contributed by atoms with Crippen LogP contribution >= 0.6 is 0 Å². The molecule has 1 aliphatic carbocycles. The van der Waals surface area contributed by atoms with E-state index < -0.39 is 0 Å².